The molecule has 25 heavy (non-hydrogen) atoms. The number of esters is 1. The third-order valence-electron chi connectivity index (χ3n) is 4.65. The SMILES string of the molecule is CCCCCC(=O)OC1Cc2c(ccc3ccc(=O)oc23)OC1(C)C. The topological polar surface area (TPSA) is 65.7 Å². The van der Waals surface area contributed by atoms with Crippen molar-refractivity contribution in [3.63, 3.8) is 0 Å². The number of unbranched alkanes of at least 4 members (excludes halogenated alkanes) is 2. The van der Waals surface area contributed by atoms with Crippen molar-refractivity contribution >= 4 is 16.9 Å². The first-order valence-electron chi connectivity index (χ1n) is 8.85. The number of fused-ring (bicyclic) bond motifs is 3. The Hall–Kier alpha value is -2.30. The maximum Gasteiger partial charge on any atom is 0.336 e. The average Bonchev–Trinajstić information content (AvgIpc) is 2.55. The van der Waals surface area contributed by atoms with Crippen molar-refractivity contribution in [1.82, 2.24) is 0 Å². The molecular formula is C20H24O5. The number of ether oxygens (including phenoxy) is 2. The van der Waals surface area contributed by atoms with Gasteiger partial charge in [-0.3, -0.25) is 4.79 Å². The molecule has 0 aliphatic carbocycles. The summed E-state index contributed by atoms with van der Waals surface area (Å²) in [5, 5.41) is 0.828. The zero-order valence-electron chi connectivity index (χ0n) is 15.0. The molecule has 5 heteroatoms. The summed E-state index contributed by atoms with van der Waals surface area (Å²) in [6, 6.07) is 6.86. The van der Waals surface area contributed by atoms with Crippen LogP contribution in [-0.4, -0.2) is 17.7 Å². The van der Waals surface area contributed by atoms with Crippen LogP contribution in [0.2, 0.25) is 0 Å². The monoisotopic (exact) mass is 344 g/mol. The minimum atomic E-state index is -0.643. The van der Waals surface area contributed by atoms with E-state index < -0.39 is 17.3 Å². The molecule has 0 radical (unpaired) electrons. The van der Waals surface area contributed by atoms with Crippen molar-refractivity contribution < 1.29 is 18.7 Å². The summed E-state index contributed by atoms with van der Waals surface area (Å²) in [7, 11) is 0. The van der Waals surface area contributed by atoms with Gasteiger partial charge in [0.1, 0.15) is 23.0 Å². The van der Waals surface area contributed by atoms with E-state index in [4.69, 9.17) is 13.9 Å². The molecule has 0 N–H and O–H groups in total. The van der Waals surface area contributed by atoms with E-state index in [0.29, 0.717) is 24.2 Å². The Morgan fingerprint density at radius 2 is 2.00 bits per heavy atom. The van der Waals surface area contributed by atoms with E-state index >= 15 is 0 Å². The molecule has 2 aromatic rings. The van der Waals surface area contributed by atoms with Gasteiger partial charge in [0.15, 0.2) is 0 Å². The second-order valence-electron chi connectivity index (χ2n) is 7.06. The third kappa shape index (κ3) is 3.70. The average molecular weight is 344 g/mol. The van der Waals surface area contributed by atoms with Gasteiger partial charge in [0.05, 0.1) is 0 Å². The standard InChI is InChI=1S/C20H24O5/c1-4-5-6-7-17(21)23-16-12-14-15(25-20(16,2)3)10-8-13-9-11-18(22)24-19(13)14/h8-11,16H,4-7,12H2,1-3H3. The Balaban J connectivity index is 1.87. The molecule has 1 atom stereocenters. The maximum absolute atomic E-state index is 12.2. The molecule has 1 aliphatic rings. The molecular weight excluding hydrogens is 320 g/mol. The summed E-state index contributed by atoms with van der Waals surface area (Å²) >= 11 is 0. The first-order chi connectivity index (χ1) is 11.9. The number of carbonyl (C=O) groups excluding carboxylic acids is 1. The summed E-state index contributed by atoms with van der Waals surface area (Å²) in [5.74, 6) is 0.463. The number of carbonyl (C=O) groups is 1. The molecule has 3 rings (SSSR count). The zero-order valence-corrected chi connectivity index (χ0v) is 15.0. The maximum atomic E-state index is 12.2. The predicted molar refractivity (Wildman–Crippen MR) is 94.9 cm³/mol. The first kappa shape index (κ1) is 17.5. The highest BCUT2D eigenvalue weighted by atomic mass is 16.6. The zero-order chi connectivity index (χ0) is 18.0. The van der Waals surface area contributed by atoms with Crippen molar-refractivity contribution in [3.8, 4) is 5.75 Å². The van der Waals surface area contributed by atoms with Crippen LogP contribution in [0.15, 0.2) is 33.5 Å². The van der Waals surface area contributed by atoms with E-state index in [1.54, 1.807) is 6.07 Å². The lowest BCUT2D eigenvalue weighted by Gasteiger charge is -2.39. The van der Waals surface area contributed by atoms with Crippen molar-refractivity contribution in [3.05, 3.63) is 40.2 Å². The Morgan fingerprint density at radius 1 is 1.24 bits per heavy atom. The Kier molecular flexibility index (Phi) is 4.84. The minimum absolute atomic E-state index is 0.208. The molecule has 0 bridgehead atoms. The van der Waals surface area contributed by atoms with Crippen LogP contribution in [0, 0.1) is 0 Å². The molecule has 1 unspecified atom stereocenters. The number of rotatable bonds is 5. The van der Waals surface area contributed by atoms with Crippen LogP contribution in [0.3, 0.4) is 0 Å². The number of hydrogen-bond acceptors (Lipinski definition) is 5. The third-order valence-corrected chi connectivity index (χ3v) is 4.65. The highest BCUT2D eigenvalue weighted by Crippen LogP contribution is 2.38. The molecule has 5 nitrogen and oxygen atoms in total. The van der Waals surface area contributed by atoms with Crippen LogP contribution < -0.4 is 10.4 Å². The molecule has 0 spiro atoms. The molecule has 1 aromatic carbocycles. The van der Waals surface area contributed by atoms with Crippen LogP contribution in [0.1, 0.15) is 52.0 Å². The molecule has 134 valence electrons. The Bertz CT molecular complexity index is 834. The molecule has 2 heterocycles. The van der Waals surface area contributed by atoms with Gasteiger partial charge < -0.3 is 13.9 Å². The number of benzene rings is 1. The van der Waals surface area contributed by atoms with E-state index in [1.165, 1.54) is 6.07 Å². The summed E-state index contributed by atoms with van der Waals surface area (Å²) in [5.41, 5.74) is 0.239. The fourth-order valence-electron chi connectivity index (χ4n) is 3.16. The van der Waals surface area contributed by atoms with Crippen molar-refractivity contribution in [1.29, 1.82) is 0 Å². The van der Waals surface area contributed by atoms with Crippen LogP contribution in [0.4, 0.5) is 0 Å². The summed E-state index contributed by atoms with van der Waals surface area (Å²) in [6.45, 7) is 5.91. The fourth-order valence-corrected chi connectivity index (χ4v) is 3.16. The second-order valence-corrected chi connectivity index (χ2v) is 7.06. The van der Waals surface area contributed by atoms with E-state index in [-0.39, 0.29) is 5.97 Å². The lowest BCUT2D eigenvalue weighted by molar-refractivity contribution is -0.161. The number of hydrogen-bond donors (Lipinski definition) is 0. The predicted octanol–water partition coefficient (Wildman–Crippen LogP) is 4.00. The van der Waals surface area contributed by atoms with E-state index in [2.05, 4.69) is 6.92 Å². The van der Waals surface area contributed by atoms with Gasteiger partial charge in [-0.05, 0) is 38.5 Å². The van der Waals surface area contributed by atoms with E-state index in [9.17, 15) is 9.59 Å². The van der Waals surface area contributed by atoms with Crippen molar-refractivity contribution in [2.75, 3.05) is 0 Å². The van der Waals surface area contributed by atoms with Crippen LogP contribution in [0.25, 0.3) is 11.0 Å². The quantitative estimate of drug-likeness (QED) is 0.466. The lowest BCUT2D eigenvalue weighted by atomic mass is 9.90. The van der Waals surface area contributed by atoms with Gasteiger partial charge in [-0.25, -0.2) is 4.79 Å². The van der Waals surface area contributed by atoms with Gasteiger partial charge in [0, 0.05) is 29.9 Å². The molecule has 0 amide bonds. The summed E-state index contributed by atoms with van der Waals surface area (Å²) in [4.78, 5) is 23.8. The smallest absolute Gasteiger partial charge is 0.336 e. The minimum Gasteiger partial charge on any atom is -0.484 e. The van der Waals surface area contributed by atoms with Crippen LogP contribution >= 0.6 is 0 Å². The van der Waals surface area contributed by atoms with Crippen molar-refractivity contribution in [2.45, 2.75) is 64.6 Å². The van der Waals surface area contributed by atoms with Crippen LogP contribution in [0.5, 0.6) is 5.75 Å². The summed E-state index contributed by atoms with van der Waals surface area (Å²) in [6.07, 6.45) is 3.36. The normalized spacial score (nSPS) is 18.4. The molecule has 1 aromatic heterocycles. The molecule has 1 aliphatic heterocycles. The Labute approximate surface area is 146 Å². The fraction of sp³-hybridized carbons (Fsp3) is 0.500. The van der Waals surface area contributed by atoms with Crippen LogP contribution in [-0.2, 0) is 16.0 Å². The summed E-state index contributed by atoms with van der Waals surface area (Å²) < 4.78 is 17.2. The van der Waals surface area contributed by atoms with Gasteiger partial charge in [-0.1, -0.05) is 19.8 Å². The first-order valence-corrected chi connectivity index (χ1v) is 8.85. The van der Waals surface area contributed by atoms with Gasteiger partial charge >= 0.3 is 11.6 Å². The van der Waals surface area contributed by atoms with Gasteiger partial charge in [-0.15, -0.1) is 0 Å². The molecule has 0 fully saturated rings. The van der Waals surface area contributed by atoms with Gasteiger partial charge in [0.2, 0.25) is 0 Å². The van der Waals surface area contributed by atoms with Gasteiger partial charge in [0.25, 0.3) is 0 Å². The molecule has 0 saturated heterocycles. The second kappa shape index (κ2) is 6.90. The Morgan fingerprint density at radius 3 is 2.76 bits per heavy atom. The van der Waals surface area contributed by atoms with E-state index in [0.717, 1.165) is 30.2 Å². The molecule has 0 saturated carbocycles. The highest BCUT2D eigenvalue weighted by Gasteiger charge is 2.40. The van der Waals surface area contributed by atoms with Gasteiger partial charge in [-0.2, -0.15) is 0 Å². The van der Waals surface area contributed by atoms with E-state index in [1.807, 2.05) is 26.0 Å². The van der Waals surface area contributed by atoms with Crippen molar-refractivity contribution in [2.24, 2.45) is 0 Å². The lowest BCUT2D eigenvalue weighted by Crippen LogP contribution is -2.48. The highest BCUT2D eigenvalue weighted by molar-refractivity contribution is 5.82. The largest absolute Gasteiger partial charge is 0.484 e.